The quantitative estimate of drug-likeness (QED) is 0.805. The van der Waals surface area contributed by atoms with Gasteiger partial charge in [0.05, 0.1) is 6.61 Å². The van der Waals surface area contributed by atoms with Gasteiger partial charge >= 0.3 is 0 Å². The van der Waals surface area contributed by atoms with Crippen LogP contribution in [0.3, 0.4) is 0 Å². The van der Waals surface area contributed by atoms with E-state index < -0.39 is 0 Å². The molecule has 0 atom stereocenters. The van der Waals surface area contributed by atoms with Crippen molar-refractivity contribution in [3.8, 4) is 5.75 Å². The molecule has 128 valence electrons. The molecular weight excluding hydrogens is 302 g/mol. The van der Waals surface area contributed by atoms with E-state index in [2.05, 4.69) is 19.2 Å². The summed E-state index contributed by atoms with van der Waals surface area (Å²) in [7, 11) is 1.67. The molecule has 4 heteroatoms. The molecule has 0 fully saturated rings. The smallest absolute Gasteiger partial charge is 0.258 e. The molecule has 1 amide bonds. The predicted molar refractivity (Wildman–Crippen MR) is 95.0 cm³/mol. The molecule has 0 spiro atoms. The van der Waals surface area contributed by atoms with Gasteiger partial charge in [-0.1, -0.05) is 50.2 Å². The molecule has 0 radical (unpaired) electrons. The van der Waals surface area contributed by atoms with Gasteiger partial charge in [-0.2, -0.15) is 0 Å². The van der Waals surface area contributed by atoms with Crippen molar-refractivity contribution >= 4 is 5.91 Å². The van der Waals surface area contributed by atoms with Crippen molar-refractivity contribution < 1.29 is 14.3 Å². The average Bonchev–Trinajstić information content (AvgIpc) is 2.60. The molecule has 2 aromatic carbocycles. The van der Waals surface area contributed by atoms with Crippen LogP contribution in [0.5, 0.6) is 5.75 Å². The second-order valence-corrected chi connectivity index (χ2v) is 6.04. The minimum atomic E-state index is -0.135. The van der Waals surface area contributed by atoms with E-state index in [1.807, 2.05) is 48.5 Å². The maximum absolute atomic E-state index is 11.9. The van der Waals surface area contributed by atoms with E-state index in [9.17, 15) is 4.79 Å². The summed E-state index contributed by atoms with van der Waals surface area (Å²) in [5.74, 6) is 1.06. The molecule has 0 aliphatic carbocycles. The topological polar surface area (TPSA) is 47.6 Å². The van der Waals surface area contributed by atoms with Gasteiger partial charge in [-0.3, -0.25) is 4.79 Å². The molecule has 0 saturated carbocycles. The Hall–Kier alpha value is -2.33. The van der Waals surface area contributed by atoms with E-state index in [-0.39, 0.29) is 12.5 Å². The predicted octanol–water partition coefficient (Wildman–Crippen LogP) is 3.65. The van der Waals surface area contributed by atoms with Gasteiger partial charge in [0.15, 0.2) is 6.61 Å². The SMILES string of the molecule is COCc1ccc(CNC(=O)COc2ccc(C(C)C)cc2)cc1. The number of carbonyl (C=O) groups excluding carboxylic acids is 1. The lowest BCUT2D eigenvalue weighted by Crippen LogP contribution is -2.28. The van der Waals surface area contributed by atoms with E-state index >= 15 is 0 Å². The Morgan fingerprint density at radius 2 is 1.62 bits per heavy atom. The first kappa shape index (κ1) is 18.0. The number of methoxy groups -OCH3 is 1. The zero-order valence-electron chi connectivity index (χ0n) is 14.5. The van der Waals surface area contributed by atoms with Gasteiger partial charge in [-0.15, -0.1) is 0 Å². The Morgan fingerprint density at radius 3 is 2.21 bits per heavy atom. The van der Waals surface area contributed by atoms with Crippen LogP contribution >= 0.6 is 0 Å². The lowest BCUT2D eigenvalue weighted by Gasteiger charge is -2.10. The van der Waals surface area contributed by atoms with Gasteiger partial charge in [0.2, 0.25) is 0 Å². The molecule has 2 rings (SSSR count). The average molecular weight is 327 g/mol. The molecule has 4 nitrogen and oxygen atoms in total. The third kappa shape index (κ3) is 5.70. The number of hydrogen-bond donors (Lipinski definition) is 1. The third-order valence-corrected chi connectivity index (χ3v) is 3.74. The number of carbonyl (C=O) groups is 1. The fourth-order valence-corrected chi connectivity index (χ4v) is 2.27. The highest BCUT2D eigenvalue weighted by Crippen LogP contribution is 2.18. The van der Waals surface area contributed by atoms with E-state index in [1.54, 1.807) is 7.11 Å². The highest BCUT2D eigenvalue weighted by Gasteiger charge is 2.04. The molecule has 2 aromatic rings. The Bertz CT molecular complexity index is 633. The Labute approximate surface area is 143 Å². The monoisotopic (exact) mass is 327 g/mol. The standard InChI is InChI=1S/C20H25NO3/c1-15(2)18-8-10-19(11-9-18)24-14-20(22)21-12-16-4-6-17(7-5-16)13-23-3/h4-11,15H,12-14H2,1-3H3,(H,21,22). The lowest BCUT2D eigenvalue weighted by atomic mass is 10.0. The number of nitrogens with one attached hydrogen (secondary N) is 1. The second-order valence-electron chi connectivity index (χ2n) is 6.04. The Morgan fingerprint density at radius 1 is 1.00 bits per heavy atom. The van der Waals surface area contributed by atoms with Crippen LogP contribution in [0.25, 0.3) is 0 Å². The van der Waals surface area contributed by atoms with Crippen molar-refractivity contribution in [3.63, 3.8) is 0 Å². The van der Waals surface area contributed by atoms with Crippen molar-refractivity contribution in [2.45, 2.75) is 32.9 Å². The van der Waals surface area contributed by atoms with Crippen LogP contribution in [0.2, 0.25) is 0 Å². The normalized spacial score (nSPS) is 10.7. The second kappa shape index (κ2) is 9.08. The van der Waals surface area contributed by atoms with Gasteiger partial charge in [-0.25, -0.2) is 0 Å². The van der Waals surface area contributed by atoms with Crippen molar-refractivity contribution in [1.82, 2.24) is 5.32 Å². The summed E-state index contributed by atoms with van der Waals surface area (Å²) in [5.41, 5.74) is 3.41. The first-order valence-electron chi connectivity index (χ1n) is 8.14. The van der Waals surface area contributed by atoms with Gasteiger partial charge in [-0.05, 0) is 34.7 Å². The van der Waals surface area contributed by atoms with Crippen LogP contribution < -0.4 is 10.1 Å². The molecule has 0 saturated heterocycles. The Kier molecular flexibility index (Phi) is 6.82. The molecule has 0 aliphatic rings. The summed E-state index contributed by atoms with van der Waals surface area (Å²) in [6, 6.07) is 15.8. The first-order valence-corrected chi connectivity index (χ1v) is 8.14. The molecule has 1 N–H and O–H groups in total. The number of hydrogen-bond acceptors (Lipinski definition) is 3. The minimum Gasteiger partial charge on any atom is -0.484 e. The summed E-state index contributed by atoms with van der Waals surface area (Å²) < 4.78 is 10.6. The van der Waals surface area contributed by atoms with Crippen molar-refractivity contribution in [2.24, 2.45) is 0 Å². The van der Waals surface area contributed by atoms with Crippen molar-refractivity contribution in [1.29, 1.82) is 0 Å². The van der Waals surface area contributed by atoms with E-state index in [1.165, 1.54) is 5.56 Å². The molecule has 0 aromatic heterocycles. The van der Waals surface area contributed by atoms with Crippen LogP contribution in [0, 0.1) is 0 Å². The summed E-state index contributed by atoms with van der Waals surface area (Å²) in [5, 5.41) is 2.86. The first-order chi connectivity index (χ1) is 11.6. The van der Waals surface area contributed by atoms with Gasteiger partial charge in [0, 0.05) is 13.7 Å². The number of amides is 1. The highest BCUT2D eigenvalue weighted by molar-refractivity contribution is 5.77. The molecule has 24 heavy (non-hydrogen) atoms. The summed E-state index contributed by atoms with van der Waals surface area (Å²) in [6.45, 7) is 5.39. The Balaban J connectivity index is 1.74. The summed E-state index contributed by atoms with van der Waals surface area (Å²) >= 11 is 0. The highest BCUT2D eigenvalue weighted by atomic mass is 16.5. The van der Waals surface area contributed by atoms with Gasteiger partial charge in [0.1, 0.15) is 5.75 Å². The number of ether oxygens (including phenoxy) is 2. The summed E-state index contributed by atoms with van der Waals surface area (Å²) in [6.07, 6.45) is 0. The summed E-state index contributed by atoms with van der Waals surface area (Å²) in [4.78, 5) is 11.9. The molecule has 0 heterocycles. The molecule has 0 aliphatic heterocycles. The van der Waals surface area contributed by atoms with Crippen LogP contribution in [0.15, 0.2) is 48.5 Å². The lowest BCUT2D eigenvalue weighted by molar-refractivity contribution is -0.123. The zero-order chi connectivity index (χ0) is 17.4. The van der Waals surface area contributed by atoms with Crippen LogP contribution in [0.4, 0.5) is 0 Å². The number of rotatable bonds is 8. The fourth-order valence-electron chi connectivity index (χ4n) is 2.27. The number of benzene rings is 2. The van der Waals surface area contributed by atoms with Crippen molar-refractivity contribution in [3.05, 3.63) is 65.2 Å². The van der Waals surface area contributed by atoms with Crippen LogP contribution in [-0.4, -0.2) is 19.6 Å². The fraction of sp³-hybridized carbons (Fsp3) is 0.350. The molecule has 0 bridgehead atoms. The maximum Gasteiger partial charge on any atom is 0.258 e. The van der Waals surface area contributed by atoms with Crippen molar-refractivity contribution in [2.75, 3.05) is 13.7 Å². The van der Waals surface area contributed by atoms with Gasteiger partial charge < -0.3 is 14.8 Å². The maximum atomic E-state index is 11.9. The zero-order valence-corrected chi connectivity index (χ0v) is 14.5. The van der Waals surface area contributed by atoms with E-state index in [0.29, 0.717) is 24.8 Å². The van der Waals surface area contributed by atoms with Crippen LogP contribution in [0.1, 0.15) is 36.5 Å². The third-order valence-electron chi connectivity index (χ3n) is 3.74. The molecular formula is C20H25NO3. The minimum absolute atomic E-state index is 0.0167. The van der Waals surface area contributed by atoms with E-state index in [0.717, 1.165) is 11.1 Å². The molecule has 0 unspecified atom stereocenters. The van der Waals surface area contributed by atoms with E-state index in [4.69, 9.17) is 9.47 Å². The largest absolute Gasteiger partial charge is 0.484 e. The van der Waals surface area contributed by atoms with Gasteiger partial charge in [0.25, 0.3) is 5.91 Å². The van der Waals surface area contributed by atoms with Crippen LogP contribution in [-0.2, 0) is 22.7 Å².